The van der Waals surface area contributed by atoms with Gasteiger partial charge in [0.15, 0.2) is 0 Å². The molecule has 0 amide bonds. The van der Waals surface area contributed by atoms with Gasteiger partial charge in [-0.3, -0.25) is 4.84 Å². The van der Waals surface area contributed by atoms with Crippen LogP contribution in [0.5, 0.6) is 0 Å². The van der Waals surface area contributed by atoms with Crippen molar-refractivity contribution in [3.05, 3.63) is 35.9 Å². The molecule has 0 bridgehead atoms. The summed E-state index contributed by atoms with van der Waals surface area (Å²) >= 11 is 0. The van der Waals surface area contributed by atoms with Crippen LogP contribution in [0.15, 0.2) is 30.3 Å². The number of hydrogen-bond donors (Lipinski definition) is 1. The molecule has 17 heavy (non-hydrogen) atoms. The normalized spacial score (nSPS) is 14.0. The molecule has 1 unspecified atom stereocenters. The topological polar surface area (TPSA) is 21.3 Å². The van der Waals surface area contributed by atoms with Gasteiger partial charge in [0.2, 0.25) is 0 Å². The van der Waals surface area contributed by atoms with Crippen LogP contribution in [-0.2, 0) is 4.84 Å². The summed E-state index contributed by atoms with van der Waals surface area (Å²) in [5.41, 5.74) is 4.33. The summed E-state index contributed by atoms with van der Waals surface area (Å²) < 4.78 is 0. The SMILES string of the molecule is CC(C)CC(NOC(C)(C)C)c1ccccc1. The van der Waals surface area contributed by atoms with E-state index < -0.39 is 0 Å². The first-order chi connectivity index (χ1) is 7.88. The fourth-order valence-corrected chi connectivity index (χ4v) is 1.66. The Labute approximate surface area is 105 Å². The lowest BCUT2D eigenvalue weighted by atomic mass is 9.98. The van der Waals surface area contributed by atoms with Crippen molar-refractivity contribution in [1.82, 2.24) is 5.48 Å². The van der Waals surface area contributed by atoms with Gasteiger partial charge in [-0.2, -0.15) is 5.48 Å². The standard InChI is InChI=1S/C15H25NO/c1-12(2)11-14(16-17-15(3,4)5)13-9-7-6-8-10-13/h6-10,12,14,16H,11H2,1-5H3. The predicted octanol–water partition coefficient (Wildman–Crippen LogP) is 4.09. The smallest absolute Gasteiger partial charge is 0.0813 e. The fourth-order valence-electron chi connectivity index (χ4n) is 1.66. The zero-order valence-corrected chi connectivity index (χ0v) is 11.7. The minimum Gasteiger partial charge on any atom is -0.296 e. The Balaban J connectivity index is 2.68. The van der Waals surface area contributed by atoms with Crippen LogP contribution in [0.3, 0.4) is 0 Å². The first-order valence-corrected chi connectivity index (χ1v) is 6.37. The lowest BCUT2D eigenvalue weighted by Crippen LogP contribution is -2.32. The monoisotopic (exact) mass is 235 g/mol. The first-order valence-electron chi connectivity index (χ1n) is 6.37. The van der Waals surface area contributed by atoms with Crippen molar-refractivity contribution in [2.24, 2.45) is 5.92 Å². The zero-order chi connectivity index (χ0) is 12.9. The third-order valence-electron chi connectivity index (χ3n) is 2.42. The van der Waals surface area contributed by atoms with Gasteiger partial charge in [-0.05, 0) is 38.7 Å². The van der Waals surface area contributed by atoms with Gasteiger partial charge in [-0.1, -0.05) is 44.2 Å². The summed E-state index contributed by atoms with van der Waals surface area (Å²) in [6.07, 6.45) is 1.07. The van der Waals surface area contributed by atoms with Gasteiger partial charge in [0, 0.05) is 0 Å². The van der Waals surface area contributed by atoms with E-state index >= 15 is 0 Å². The van der Waals surface area contributed by atoms with E-state index in [1.54, 1.807) is 0 Å². The minimum atomic E-state index is -0.163. The Kier molecular flexibility index (Phi) is 5.16. The fraction of sp³-hybridized carbons (Fsp3) is 0.600. The van der Waals surface area contributed by atoms with Gasteiger partial charge in [0.25, 0.3) is 0 Å². The van der Waals surface area contributed by atoms with Crippen molar-refractivity contribution in [3.63, 3.8) is 0 Å². The second kappa shape index (κ2) is 6.18. The lowest BCUT2D eigenvalue weighted by Gasteiger charge is -2.26. The van der Waals surface area contributed by atoms with Crippen LogP contribution >= 0.6 is 0 Å². The highest BCUT2D eigenvalue weighted by atomic mass is 16.7. The molecule has 1 atom stereocenters. The predicted molar refractivity (Wildman–Crippen MR) is 72.6 cm³/mol. The maximum Gasteiger partial charge on any atom is 0.0813 e. The minimum absolute atomic E-state index is 0.163. The van der Waals surface area contributed by atoms with Crippen LogP contribution in [0.25, 0.3) is 0 Å². The van der Waals surface area contributed by atoms with Crippen molar-refractivity contribution >= 4 is 0 Å². The molecule has 0 aliphatic carbocycles. The van der Waals surface area contributed by atoms with E-state index in [0.29, 0.717) is 5.92 Å². The quantitative estimate of drug-likeness (QED) is 0.776. The van der Waals surface area contributed by atoms with Crippen molar-refractivity contribution in [2.45, 2.75) is 52.7 Å². The summed E-state index contributed by atoms with van der Waals surface area (Å²) in [6.45, 7) is 10.6. The number of hydroxylamine groups is 1. The Morgan fingerprint density at radius 1 is 1.12 bits per heavy atom. The molecule has 0 fully saturated rings. The molecule has 1 aromatic carbocycles. The summed E-state index contributed by atoms with van der Waals surface area (Å²) in [4.78, 5) is 5.70. The Morgan fingerprint density at radius 3 is 2.18 bits per heavy atom. The second-order valence-corrected chi connectivity index (χ2v) is 5.93. The number of nitrogens with one attached hydrogen (secondary N) is 1. The number of rotatable bonds is 5. The Hall–Kier alpha value is -0.860. The molecule has 96 valence electrons. The van der Waals surface area contributed by atoms with Gasteiger partial charge in [-0.25, -0.2) is 0 Å². The molecule has 0 heterocycles. The van der Waals surface area contributed by atoms with E-state index in [1.165, 1.54) is 5.56 Å². The molecule has 1 N–H and O–H groups in total. The van der Waals surface area contributed by atoms with Crippen molar-refractivity contribution in [3.8, 4) is 0 Å². The summed E-state index contributed by atoms with van der Waals surface area (Å²) in [7, 11) is 0. The number of hydrogen-bond acceptors (Lipinski definition) is 2. The van der Waals surface area contributed by atoms with E-state index in [9.17, 15) is 0 Å². The van der Waals surface area contributed by atoms with Crippen LogP contribution < -0.4 is 5.48 Å². The molecule has 0 saturated heterocycles. The maximum absolute atomic E-state index is 5.70. The molecule has 0 aromatic heterocycles. The molecule has 0 saturated carbocycles. The van der Waals surface area contributed by atoms with Crippen LogP contribution in [-0.4, -0.2) is 5.60 Å². The van der Waals surface area contributed by atoms with E-state index in [4.69, 9.17) is 4.84 Å². The van der Waals surface area contributed by atoms with E-state index in [0.717, 1.165) is 6.42 Å². The molecule has 0 spiro atoms. The maximum atomic E-state index is 5.70. The van der Waals surface area contributed by atoms with Gasteiger partial charge in [0.05, 0.1) is 11.6 Å². The lowest BCUT2D eigenvalue weighted by molar-refractivity contribution is -0.0915. The molecule has 1 aromatic rings. The third-order valence-corrected chi connectivity index (χ3v) is 2.42. The molecular formula is C15H25NO. The van der Waals surface area contributed by atoms with Crippen LogP contribution in [0.2, 0.25) is 0 Å². The summed E-state index contributed by atoms with van der Waals surface area (Å²) in [5.74, 6) is 0.635. The third kappa shape index (κ3) is 5.85. The van der Waals surface area contributed by atoms with Crippen molar-refractivity contribution < 1.29 is 4.84 Å². The van der Waals surface area contributed by atoms with Gasteiger partial charge < -0.3 is 0 Å². The molecule has 2 heteroatoms. The molecule has 1 rings (SSSR count). The average molecular weight is 235 g/mol. The van der Waals surface area contributed by atoms with Crippen LogP contribution in [0.1, 0.15) is 52.6 Å². The van der Waals surface area contributed by atoms with Crippen molar-refractivity contribution in [1.29, 1.82) is 0 Å². The molecule has 2 nitrogen and oxygen atoms in total. The molecule has 0 aliphatic heterocycles. The summed E-state index contributed by atoms with van der Waals surface area (Å²) in [5, 5.41) is 0. The highest BCUT2D eigenvalue weighted by molar-refractivity contribution is 5.18. The Bertz CT molecular complexity index is 313. The van der Waals surface area contributed by atoms with E-state index in [-0.39, 0.29) is 11.6 Å². The molecule has 0 radical (unpaired) electrons. The Morgan fingerprint density at radius 2 is 1.71 bits per heavy atom. The average Bonchev–Trinajstić information content (AvgIpc) is 2.24. The van der Waals surface area contributed by atoms with Gasteiger partial charge in [0.1, 0.15) is 0 Å². The number of benzene rings is 1. The van der Waals surface area contributed by atoms with E-state index in [2.05, 4.69) is 64.4 Å². The second-order valence-electron chi connectivity index (χ2n) is 5.93. The van der Waals surface area contributed by atoms with Crippen molar-refractivity contribution in [2.75, 3.05) is 0 Å². The first kappa shape index (κ1) is 14.2. The highest BCUT2D eigenvalue weighted by Gasteiger charge is 2.17. The zero-order valence-electron chi connectivity index (χ0n) is 11.7. The molecule has 0 aliphatic rings. The highest BCUT2D eigenvalue weighted by Crippen LogP contribution is 2.22. The van der Waals surface area contributed by atoms with Crippen LogP contribution in [0.4, 0.5) is 0 Å². The molecular weight excluding hydrogens is 210 g/mol. The van der Waals surface area contributed by atoms with Gasteiger partial charge >= 0.3 is 0 Å². The summed E-state index contributed by atoms with van der Waals surface area (Å²) in [6, 6.07) is 10.7. The van der Waals surface area contributed by atoms with Gasteiger partial charge in [-0.15, -0.1) is 0 Å². The van der Waals surface area contributed by atoms with E-state index in [1.807, 2.05) is 6.07 Å². The largest absolute Gasteiger partial charge is 0.296 e. The van der Waals surface area contributed by atoms with Crippen LogP contribution in [0, 0.1) is 5.92 Å².